The van der Waals surface area contributed by atoms with Gasteiger partial charge in [-0.15, -0.1) is 0 Å². The summed E-state index contributed by atoms with van der Waals surface area (Å²) in [4.78, 5) is 13.0. The summed E-state index contributed by atoms with van der Waals surface area (Å²) >= 11 is 2.19. The number of halogens is 1. The summed E-state index contributed by atoms with van der Waals surface area (Å²) in [7, 11) is -3.90. The molecule has 3 aromatic carbocycles. The number of anilines is 1. The number of amides is 1. The molecule has 0 aliphatic carbocycles. The minimum atomic E-state index is -3.90. The molecule has 3 aromatic rings. The SMILES string of the molecule is Cc1cc(C)c(S(=O)(=O)N(CC(=O)Nc2ccc(I)cc2)Cc2ccccc2)c(C)c1. The summed E-state index contributed by atoms with van der Waals surface area (Å²) in [5, 5.41) is 2.80. The van der Waals surface area contributed by atoms with E-state index in [1.807, 2.05) is 61.5 Å². The standard InChI is InChI=1S/C24H25IN2O3S/c1-17-13-18(2)24(19(3)14-17)31(29,30)27(15-20-7-5-4-6-8-20)16-23(28)26-22-11-9-21(25)10-12-22/h4-14H,15-16H2,1-3H3,(H,26,28). The maximum Gasteiger partial charge on any atom is 0.244 e. The van der Waals surface area contributed by atoms with Crippen molar-refractivity contribution in [3.63, 3.8) is 0 Å². The number of nitrogens with one attached hydrogen (secondary N) is 1. The molecule has 0 radical (unpaired) electrons. The lowest BCUT2D eigenvalue weighted by molar-refractivity contribution is -0.116. The highest BCUT2D eigenvalue weighted by atomic mass is 127. The van der Waals surface area contributed by atoms with E-state index >= 15 is 0 Å². The molecule has 0 aliphatic rings. The number of benzene rings is 3. The van der Waals surface area contributed by atoms with Crippen molar-refractivity contribution in [2.45, 2.75) is 32.2 Å². The number of carbonyl (C=O) groups is 1. The Labute approximate surface area is 197 Å². The topological polar surface area (TPSA) is 66.5 Å². The molecule has 1 N–H and O–H groups in total. The molecule has 0 saturated heterocycles. The zero-order chi connectivity index (χ0) is 22.6. The first-order valence-corrected chi connectivity index (χ1v) is 12.4. The lowest BCUT2D eigenvalue weighted by Crippen LogP contribution is -2.38. The molecular weight excluding hydrogens is 523 g/mol. The summed E-state index contributed by atoms with van der Waals surface area (Å²) in [5.41, 5.74) is 3.79. The van der Waals surface area contributed by atoms with E-state index in [1.54, 1.807) is 26.0 Å². The van der Waals surface area contributed by atoms with Crippen molar-refractivity contribution >= 4 is 44.2 Å². The van der Waals surface area contributed by atoms with E-state index in [-0.39, 0.29) is 23.9 Å². The van der Waals surface area contributed by atoms with Crippen LogP contribution in [0.4, 0.5) is 5.69 Å². The van der Waals surface area contributed by atoms with Gasteiger partial charge in [0, 0.05) is 15.8 Å². The first-order valence-electron chi connectivity index (χ1n) is 9.84. The predicted octanol–water partition coefficient (Wildman–Crippen LogP) is 5.05. The Hall–Kier alpha value is -2.23. The summed E-state index contributed by atoms with van der Waals surface area (Å²) in [6, 6.07) is 20.4. The molecule has 0 aromatic heterocycles. The van der Waals surface area contributed by atoms with Gasteiger partial charge in [-0.2, -0.15) is 4.31 Å². The smallest absolute Gasteiger partial charge is 0.244 e. The highest BCUT2D eigenvalue weighted by Gasteiger charge is 2.30. The largest absolute Gasteiger partial charge is 0.325 e. The molecular formula is C24H25IN2O3S. The number of hydrogen-bond donors (Lipinski definition) is 1. The monoisotopic (exact) mass is 548 g/mol. The zero-order valence-corrected chi connectivity index (χ0v) is 20.7. The van der Waals surface area contributed by atoms with Gasteiger partial charge in [-0.3, -0.25) is 4.79 Å². The molecule has 1 amide bonds. The third-order valence-corrected chi connectivity index (χ3v) is 7.67. The minimum absolute atomic E-state index is 0.107. The van der Waals surface area contributed by atoms with Crippen LogP contribution in [-0.4, -0.2) is 25.2 Å². The molecule has 0 fully saturated rings. The Morgan fingerprint density at radius 2 is 1.52 bits per heavy atom. The number of rotatable bonds is 7. The second-order valence-corrected chi connectivity index (χ2v) is 10.7. The van der Waals surface area contributed by atoms with Gasteiger partial charge in [0.05, 0.1) is 11.4 Å². The van der Waals surface area contributed by atoms with Crippen molar-refractivity contribution in [2.24, 2.45) is 0 Å². The number of aryl methyl sites for hydroxylation is 3. The average Bonchev–Trinajstić information content (AvgIpc) is 2.69. The van der Waals surface area contributed by atoms with Crippen LogP contribution in [0.2, 0.25) is 0 Å². The summed E-state index contributed by atoms with van der Waals surface area (Å²) in [6.07, 6.45) is 0. The molecule has 31 heavy (non-hydrogen) atoms. The second-order valence-electron chi connectivity index (χ2n) is 7.54. The second kappa shape index (κ2) is 9.93. The van der Waals surface area contributed by atoms with Gasteiger partial charge < -0.3 is 5.32 Å². The van der Waals surface area contributed by atoms with Crippen LogP contribution >= 0.6 is 22.6 Å². The van der Waals surface area contributed by atoms with Crippen LogP contribution in [0.5, 0.6) is 0 Å². The summed E-state index contributed by atoms with van der Waals surface area (Å²) in [5.74, 6) is -0.386. The fraction of sp³-hybridized carbons (Fsp3) is 0.208. The quantitative estimate of drug-likeness (QED) is 0.421. The number of carbonyl (C=O) groups excluding carboxylic acids is 1. The molecule has 7 heteroatoms. The van der Waals surface area contributed by atoms with Crippen molar-refractivity contribution in [2.75, 3.05) is 11.9 Å². The van der Waals surface area contributed by atoms with Crippen LogP contribution in [0.15, 0.2) is 71.6 Å². The Morgan fingerprint density at radius 1 is 0.935 bits per heavy atom. The Morgan fingerprint density at radius 3 is 2.10 bits per heavy atom. The number of sulfonamides is 1. The van der Waals surface area contributed by atoms with Gasteiger partial charge in [0.1, 0.15) is 0 Å². The molecule has 5 nitrogen and oxygen atoms in total. The van der Waals surface area contributed by atoms with E-state index in [0.29, 0.717) is 16.8 Å². The number of nitrogens with zero attached hydrogens (tertiary/aromatic N) is 1. The first-order chi connectivity index (χ1) is 14.7. The van der Waals surface area contributed by atoms with E-state index in [9.17, 15) is 13.2 Å². The van der Waals surface area contributed by atoms with Crippen LogP contribution in [-0.2, 0) is 21.4 Å². The molecule has 162 valence electrons. The molecule has 0 bridgehead atoms. The number of hydrogen-bond acceptors (Lipinski definition) is 3. The van der Waals surface area contributed by atoms with Crippen molar-refractivity contribution in [1.29, 1.82) is 0 Å². The fourth-order valence-corrected chi connectivity index (χ4v) is 5.77. The van der Waals surface area contributed by atoms with Crippen molar-refractivity contribution in [1.82, 2.24) is 4.31 Å². The van der Waals surface area contributed by atoms with E-state index in [0.717, 1.165) is 14.7 Å². The van der Waals surface area contributed by atoms with Gasteiger partial charge >= 0.3 is 0 Å². The van der Waals surface area contributed by atoms with Crippen LogP contribution in [0.25, 0.3) is 0 Å². The predicted molar refractivity (Wildman–Crippen MR) is 132 cm³/mol. The van der Waals surface area contributed by atoms with Crippen LogP contribution in [0.3, 0.4) is 0 Å². The zero-order valence-electron chi connectivity index (χ0n) is 17.7. The summed E-state index contributed by atoms with van der Waals surface area (Å²) < 4.78 is 29.6. The van der Waals surface area contributed by atoms with Gasteiger partial charge in [-0.1, -0.05) is 48.0 Å². The molecule has 3 rings (SSSR count). The Balaban J connectivity index is 1.94. The molecule has 0 spiro atoms. The van der Waals surface area contributed by atoms with E-state index in [4.69, 9.17) is 0 Å². The highest BCUT2D eigenvalue weighted by molar-refractivity contribution is 14.1. The minimum Gasteiger partial charge on any atom is -0.325 e. The van der Waals surface area contributed by atoms with Crippen molar-refractivity contribution in [3.05, 3.63) is 92.6 Å². The van der Waals surface area contributed by atoms with Crippen LogP contribution in [0.1, 0.15) is 22.3 Å². The van der Waals surface area contributed by atoms with Crippen molar-refractivity contribution in [3.8, 4) is 0 Å². The maximum atomic E-state index is 13.7. The molecule has 0 unspecified atom stereocenters. The Bertz CT molecular complexity index is 1150. The highest BCUT2D eigenvalue weighted by Crippen LogP contribution is 2.26. The van der Waals surface area contributed by atoms with E-state index < -0.39 is 10.0 Å². The third kappa shape index (κ3) is 5.93. The summed E-state index contributed by atoms with van der Waals surface area (Å²) in [6.45, 7) is 5.34. The van der Waals surface area contributed by atoms with Crippen LogP contribution < -0.4 is 5.32 Å². The van der Waals surface area contributed by atoms with Gasteiger partial charge in [0.2, 0.25) is 15.9 Å². The van der Waals surface area contributed by atoms with Crippen LogP contribution in [0, 0.1) is 24.3 Å². The fourth-order valence-electron chi connectivity index (χ4n) is 3.61. The third-order valence-electron chi connectivity index (χ3n) is 4.85. The molecule has 0 atom stereocenters. The van der Waals surface area contributed by atoms with E-state index in [1.165, 1.54) is 4.31 Å². The Kier molecular flexibility index (Phi) is 7.51. The van der Waals surface area contributed by atoms with Gasteiger partial charge in [0.25, 0.3) is 0 Å². The first kappa shape index (κ1) is 23.4. The average molecular weight is 548 g/mol. The lowest BCUT2D eigenvalue weighted by atomic mass is 10.1. The van der Waals surface area contributed by atoms with Gasteiger partial charge in [-0.05, 0) is 84.3 Å². The van der Waals surface area contributed by atoms with Gasteiger partial charge in [-0.25, -0.2) is 8.42 Å². The molecule has 0 aliphatic heterocycles. The lowest BCUT2D eigenvalue weighted by Gasteiger charge is -2.24. The van der Waals surface area contributed by atoms with Crippen molar-refractivity contribution < 1.29 is 13.2 Å². The normalized spacial score (nSPS) is 11.5. The molecule has 0 saturated carbocycles. The molecule has 0 heterocycles. The van der Waals surface area contributed by atoms with E-state index in [2.05, 4.69) is 27.9 Å². The maximum absolute atomic E-state index is 13.7. The van der Waals surface area contributed by atoms with Gasteiger partial charge in [0.15, 0.2) is 0 Å².